The van der Waals surface area contributed by atoms with E-state index in [-0.39, 0.29) is 43.5 Å². The number of aliphatic hydroxyl groups excluding tert-OH is 1. The summed E-state index contributed by atoms with van der Waals surface area (Å²) in [4.78, 5) is 30.1. The molecule has 2 aromatic rings. The van der Waals surface area contributed by atoms with E-state index in [0.29, 0.717) is 51.5 Å². The highest BCUT2D eigenvalue weighted by Crippen LogP contribution is 2.39. The van der Waals surface area contributed by atoms with Gasteiger partial charge in [0.2, 0.25) is 13.1 Å². The maximum atomic E-state index is 13.9. The van der Waals surface area contributed by atoms with E-state index in [1.54, 1.807) is 12.1 Å². The third kappa shape index (κ3) is 8.56. The van der Waals surface area contributed by atoms with Crippen LogP contribution in [-0.4, -0.2) is 113 Å². The lowest BCUT2D eigenvalue weighted by Gasteiger charge is -2.39. The zero-order chi connectivity index (χ0) is 32.3. The monoisotopic (exact) mass is 640 g/mol. The summed E-state index contributed by atoms with van der Waals surface area (Å²) in [5.41, 5.74) is 2.51. The average Bonchev–Trinajstić information content (AvgIpc) is 3.56. The largest absolute Gasteiger partial charge is 0.465 e. The van der Waals surface area contributed by atoms with Crippen LogP contribution in [-0.2, 0) is 35.0 Å². The van der Waals surface area contributed by atoms with Crippen LogP contribution in [0.5, 0.6) is 11.5 Å². The van der Waals surface area contributed by atoms with Crippen LogP contribution in [0, 0.1) is 5.92 Å². The van der Waals surface area contributed by atoms with Gasteiger partial charge in [-0.2, -0.15) is 0 Å². The van der Waals surface area contributed by atoms with Crippen LogP contribution in [0.15, 0.2) is 54.3 Å². The lowest BCUT2D eigenvalue weighted by atomic mass is 9.81. The van der Waals surface area contributed by atoms with Crippen LogP contribution in [0.4, 0.5) is 0 Å². The molecule has 3 aliphatic heterocycles. The third-order valence-electron chi connectivity index (χ3n) is 8.35. The minimum atomic E-state index is -0.666. The molecular formula is C34H44N2O10. The number of amides is 1. The summed E-state index contributed by atoms with van der Waals surface area (Å²) in [5, 5.41) is 8.89. The van der Waals surface area contributed by atoms with E-state index in [1.807, 2.05) is 48.2 Å². The maximum Gasteiger partial charge on any atom is 0.337 e. The number of methoxy groups -OCH3 is 1. The first-order valence-corrected chi connectivity index (χ1v) is 15.9. The fourth-order valence-corrected chi connectivity index (χ4v) is 5.94. The van der Waals surface area contributed by atoms with Gasteiger partial charge in [0.1, 0.15) is 0 Å². The van der Waals surface area contributed by atoms with E-state index in [1.165, 1.54) is 7.11 Å². The van der Waals surface area contributed by atoms with Crippen LogP contribution in [0.2, 0.25) is 0 Å². The standard InChI is InChI=1S/C34H44N2O10/c1-3-43-34-27(10-16-41-18-19-42-17-15-37)28(25-5-7-26(8-6-25)33(39)40-2)21-31(46-34)32(38)36-13-11-35(12-14-36)22-24-4-9-29-30(20-24)45-23-44-29/h4-9,20-21,27-28,34,37H,3,10-19,22-23H2,1-2H3. The lowest BCUT2D eigenvalue weighted by molar-refractivity contribution is -0.172. The minimum Gasteiger partial charge on any atom is -0.465 e. The topological polar surface area (TPSA) is 125 Å². The maximum absolute atomic E-state index is 13.9. The fourth-order valence-electron chi connectivity index (χ4n) is 5.94. The van der Waals surface area contributed by atoms with Crippen molar-refractivity contribution in [2.24, 2.45) is 5.92 Å². The van der Waals surface area contributed by atoms with Gasteiger partial charge >= 0.3 is 5.97 Å². The Kier molecular flexibility index (Phi) is 12.3. The van der Waals surface area contributed by atoms with Gasteiger partial charge in [-0.15, -0.1) is 0 Å². The molecule has 1 amide bonds. The number of carbonyl (C=O) groups excluding carboxylic acids is 2. The number of fused-ring (bicyclic) bond motifs is 1. The number of aliphatic hydroxyl groups is 1. The van der Waals surface area contributed by atoms with Gasteiger partial charge in [0, 0.05) is 57.8 Å². The van der Waals surface area contributed by atoms with E-state index in [2.05, 4.69) is 4.90 Å². The highest BCUT2D eigenvalue weighted by molar-refractivity contribution is 5.92. The first-order valence-electron chi connectivity index (χ1n) is 15.9. The summed E-state index contributed by atoms with van der Waals surface area (Å²) < 4.78 is 39.3. The van der Waals surface area contributed by atoms with Gasteiger partial charge in [-0.3, -0.25) is 9.69 Å². The van der Waals surface area contributed by atoms with E-state index in [9.17, 15) is 9.59 Å². The molecular weight excluding hydrogens is 596 g/mol. The second-order valence-corrected chi connectivity index (χ2v) is 11.3. The van der Waals surface area contributed by atoms with Crippen molar-refractivity contribution < 1.29 is 47.9 Å². The predicted octanol–water partition coefficient (Wildman–Crippen LogP) is 2.94. The zero-order valence-corrected chi connectivity index (χ0v) is 26.6. The van der Waals surface area contributed by atoms with E-state index < -0.39 is 12.3 Å². The van der Waals surface area contributed by atoms with Crippen molar-refractivity contribution in [1.82, 2.24) is 9.80 Å². The molecule has 1 fully saturated rings. The summed E-state index contributed by atoms with van der Waals surface area (Å²) in [5.74, 6) is 0.834. The molecule has 3 atom stereocenters. The third-order valence-corrected chi connectivity index (χ3v) is 8.35. The van der Waals surface area contributed by atoms with E-state index in [0.717, 1.165) is 42.3 Å². The number of piperazine rings is 1. The number of hydrogen-bond acceptors (Lipinski definition) is 11. The van der Waals surface area contributed by atoms with Crippen molar-refractivity contribution in [2.75, 3.05) is 79.7 Å². The Morgan fingerprint density at radius 3 is 2.39 bits per heavy atom. The zero-order valence-electron chi connectivity index (χ0n) is 26.6. The number of nitrogens with zero attached hydrogens (tertiary/aromatic N) is 2. The van der Waals surface area contributed by atoms with E-state index in [4.69, 9.17) is 38.3 Å². The van der Waals surface area contributed by atoms with E-state index >= 15 is 0 Å². The molecule has 0 saturated carbocycles. The molecule has 0 bridgehead atoms. The molecule has 1 N–H and O–H groups in total. The molecule has 5 rings (SSSR count). The van der Waals surface area contributed by atoms with Crippen LogP contribution >= 0.6 is 0 Å². The first-order chi connectivity index (χ1) is 22.5. The molecule has 1 saturated heterocycles. The van der Waals surface area contributed by atoms with Crippen molar-refractivity contribution in [2.45, 2.75) is 32.1 Å². The van der Waals surface area contributed by atoms with Gasteiger partial charge in [0.15, 0.2) is 17.3 Å². The Morgan fingerprint density at radius 2 is 1.67 bits per heavy atom. The number of benzene rings is 2. The van der Waals surface area contributed by atoms with Gasteiger partial charge in [0.05, 0.1) is 39.1 Å². The molecule has 0 spiro atoms. The van der Waals surface area contributed by atoms with Crippen LogP contribution in [0.3, 0.4) is 0 Å². The minimum absolute atomic E-state index is 0.0316. The van der Waals surface area contributed by atoms with Gasteiger partial charge in [0.25, 0.3) is 5.91 Å². The summed E-state index contributed by atoms with van der Waals surface area (Å²) in [6.07, 6.45) is 1.82. The Labute approximate surface area is 269 Å². The van der Waals surface area contributed by atoms with Crippen LogP contribution < -0.4 is 9.47 Å². The van der Waals surface area contributed by atoms with Gasteiger partial charge in [-0.05, 0) is 54.8 Å². The lowest BCUT2D eigenvalue weighted by Crippen LogP contribution is -2.50. The Balaban J connectivity index is 1.27. The highest BCUT2D eigenvalue weighted by Gasteiger charge is 2.39. The number of hydrogen-bond donors (Lipinski definition) is 1. The normalized spacial score (nSPS) is 21.1. The molecule has 3 aliphatic rings. The first kappa shape index (κ1) is 33.7. The van der Waals surface area contributed by atoms with Gasteiger partial charge in [-0.25, -0.2) is 4.79 Å². The Hall–Kier alpha value is -3.68. The molecule has 2 aromatic carbocycles. The van der Waals surface area contributed by atoms with Gasteiger partial charge in [-0.1, -0.05) is 18.2 Å². The van der Waals surface area contributed by atoms with Crippen molar-refractivity contribution >= 4 is 11.9 Å². The average molecular weight is 641 g/mol. The smallest absolute Gasteiger partial charge is 0.337 e. The summed E-state index contributed by atoms with van der Waals surface area (Å²) in [6, 6.07) is 13.2. The van der Waals surface area contributed by atoms with Crippen molar-refractivity contribution in [1.29, 1.82) is 0 Å². The number of esters is 1. The number of ether oxygens (including phenoxy) is 7. The molecule has 0 radical (unpaired) electrons. The van der Waals surface area contributed by atoms with Crippen molar-refractivity contribution in [3.8, 4) is 11.5 Å². The molecule has 250 valence electrons. The molecule has 12 heteroatoms. The quantitative estimate of drug-likeness (QED) is 0.228. The van der Waals surface area contributed by atoms with Crippen LogP contribution in [0.1, 0.15) is 40.7 Å². The number of allylic oxidation sites excluding steroid dienone is 1. The Bertz CT molecular complexity index is 1330. The number of rotatable bonds is 15. The molecule has 46 heavy (non-hydrogen) atoms. The molecule has 3 heterocycles. The van der Waals surface area contributed by atoms with Crippen molar-refractivity contribution in [3.05, 3.63) is 71.0 Å². The summed E-state index contributed by atoms with van der Waals surface area (Å²) >= 11 is 0. The van der Waals surface area contributed by atoms with Crippen molar-refractivity contribution in [3.63, 3.8) is 0 Å². The molecule has 3 unspecified atom stereocenters. The molecule has 0 aliphatic carbocycles. The number of carbonyl (C=O) groups is 2. The Morgan fingerprint density at radius 1 is 0.935 bits per heavy atom. The summed E-state index contributed by atoms with van der Waals surface area (Å²) in [6.45, 7) is 7.34. The summed E-state index contributed by atoms with van der Waals surface area (Å²) in [7, 11) is 1.35. The van der Waals surface area contributed by atoms with Crippen LogP contribution in [0.25, 0.3) is 0 Å². The molecule has 12 nitrogen and oxygen atoms in total. The second kappa shape index (κ2) is 16.8. The highest BCUT2D eigenvalue weighted by atomic mass is 16.7. The SMILES string of the molecule is CCOC1OC(C(=O)N2CCN(Cc3ccc4c(c3)OCO4)CC2)=CC(c2ccc(C(=O)OC)cc2)C1CCOCCOCCO. The molecule has 0 aromatic heterocycles. The van der Waals surface area contributed by atoms with Gasteiger partial charge < -0.3 is 43.2 Å². The predicted molar refractivity (Wildman–Crippen MR) is 166 cm³/mol. The fraction of sp³-hybridized carbons (Fsp3) is 0.529. The second-order valence-electron chi connectivity index (χ2n) is 11.3.